The molecule has 1 fully saturated rings. The Hall–Kier alpha value is -0.120. The van der Waals surface area contributed by atoms with Crippen LogP contribution in [0.3, 0.4) is 0 Å². The van der Waals surface area contributed by atoms with Crippen LogP contribution < -0.4 is 5.32 Å². The van der Waals surface area contributed by atoms with E-state index >= 15 is 0 Å². The minimum atomic E-state index is 0.439. The monoisotopic (exact) mass is 214 g/mol. The third kappa shape index (κ3) is 4.49. The van der Waals surface area contributed by atoms with Crippen LogP contribution in [-0.2, 0) is 4.74 Å². The summed E-state index contributed by atoms with van der Waals surface area (Å²) in [5.41, 5.74) is 0. The molecule has 1 aliphatic rings. The Bertz CT molecular complexity index is 167. The van der Waals surface area contributed by atoms with Crippen LogP contribution in [0.5, 0.6) is 0 Å². The standard InChI is InChI=1S/C12H26N2O/c1-10(2)14(4)8-7-13-11(3)12-6-5-9-15-12/h10-13H,5-9H2,1-4H3. The van der Waals surface area contributed by atoms with Crippen LogP contribution in [0.4, 0.5) is 0 Å². The zero-order chi connectivity index (χ0) is 11.3. The van der Waals surface area contributed by atoms with E-state index < -0.39 is 0 Å². The molecule has 2 unspecified atom stereocenters. The van der Waals surface area contributed by atoms with Crippen molar-refractivity contribution in [2.75, 3.05) is 26.7 Å². The van der Waals surface area contributed by atoms with Crippen LogP contribution in [0.15, 0.2) is 0 Å². The highest BCUT2D eigenvalue weighted by atomic mass is 16.5. The van der Waals surface area contributed by atoms with Gasteiger partial charge in [-0.15, -0.1) is 0 Å². The number of rotatable bonds is 6. The van der Waals surface area contributed by atoms with Gasteiger partial charge < -0.3 is 15.0 Å². The molecule has 90 valence electrons. The minimum absolute atomic E-state index is 0.439. The molecule has 0 spiro atoms. The van der Waals surface area contributed by atoms with Crippen molar-refractivity contribution in [3.05, 3.63) is 0 Å². The summed E-state index contributed by atoms with van der Waals surface area (Å²) in [5.74, 6) is 0. The molecular weight excluding hydrogens is 188 g/mol. The molecular formula is C12H26N2O. The van der Waals surface area contributed by atoms with Crippen molar-refractivity contribution < 1.29 is 4.74 Å². The predicted octanol–water partition coefficient (Wildman–Crippen LogP) is 1.48. The van der Waals surface area contributed by atoms with E-state index in [0.29, 0.717) is 18.2 Å². The Balaban J connectivity index is 2.08. The SMILES string of the molecule is CC(NCCN(C)C(C)C)C1CCCO1. The van der Waals surface area contributed by atoms with Crippen LogP contribution in [-0.4, -0.2) is 49.8 Å². The van der Waals surface area contributed by atoms with Gasteiger partial charge in [0.2, 0.25) is 0 Å². The summed E-state index contributed by atoms with van der Waals surface area (Å²) in [4.78, 5) is 2.36. The first-order chi connectivity index (χ1) is 7.11. The maximum Gasteiger partial charge on any atom is 0.0726 e. The van der Waals surface area contributed by atoms with Gasteiger partial charge in [0.25, 0.3) is 0 Å². The van der Waals surface area contributed by atoms with E-state index in [1.165, 1.54) is 12.8 Å². The van der Waals surface area contributed by atoms with Gasteiger partial charge in [-0.3, -0.25) is 0 Å². The summed E-state index contributed by atoms with van der Waals surface area (Å²) in [6.45, 7) is 9.78. The summed E-state index contributed by atoms with van der Waals surface area (Å²) < 4.78 is 5.64. The zero-order valence-electron chi connectivity index (χ0n) is 10.6. The summed E-state index contributed by atoms with van der Waals surface area (Å²) >= 11 is 0. The van der Waals surface area contributed by atoms with Crippen molar-refractivity contribution in [1.29, 1.82) is 0 Å². The topological polar surface area (TPSA) is 24.5 Å². The highest BCUT2D eigenvalue weighted by Gasteiger charge is 2.21. The average Bonchev–Trinajstić information content (AvgIpc) is 2.70. The molecule has 1 heterocycles. The van der Waals surface area contributed by atoms with Crippen molar-refractivity contribution in [3.8, 4) is 0 Å². The maximum absolute atomic E-state index is 5.64. The lowest BCUT2D eigenvalue weighted by atomic mass is 10.1. The van der Waals surface area contributed by atoms with Gasteiger partial charge >= 0.3 is 0 Å². The van der Waals surface area contributed by atoms with Crippen molar-refractivity contribution in [3.63, 3.8) is 0 Å². The Labute approximate surface area is 94.2 Å². The van der Waals surface area contributed by atoms with Gasteiger partial charge in [-0.25, -0.2) is 0 Å². The largest absolute Gasteiger partial charge is 0.377 e. The van der Waals surface area contributed by atoms with E-state index in [0.717, 1.165) is 19.7 Å². The smallest absolute Gasteiger partial charge is 0.0726 e. The van der Waals surface area contributed by atoms with E-state index in [2.05, 4.69) is 38.0 Å². The number of hydrogen-bond acceptors (Lipinski definition) is 3. The molecule has 0 saturated carbocycles. The first kappa shape index (κ1) is 12.9. The first-order valence-electron chi connectivity index (χ1n) is 6.16. The second-order valence-electron chi connectivity index (χ2n) is 4.87. The van der Waals surface area contributed by atoms with Crippen LogP contribution in [0.1, 0.15) is 33.6 Å². The van der Waals surface area contributed by atoms with E-state index in [4.69, 9.17) is 4.74 Å². The number of hydrogen-bond donors (Lipinski definition) is 1. The Morgan fingerprint density at radius 3 is 2.67 bits per heavy atom. The molecule has 1 N–H and O–H groups in total. The second-order valence-corrected chi connectivity index (χ2v) is 4.87. The highest BCUT2D eigenvalue weighted by molar-refractivity contribution is 4.76. The third-order valence-electron chi connectivity index (χ3n) is 3.33. The number of likely N-dealkylation sites (N-methyl/N-ethyl adjacent to an activating group) is 1. The fourth-order valence-corrected chi connectivity index (χ4v) is 1.86. The molecule has 3 heteroatoms. The van der Waals surface area contributed by atoms with Gasteiger partial charge in [0.15, 0.2) is 0 Å². The van der Waals surface area contributed by atoms with Gasteiger partial charge in [-0.1, -0.05) is 0 Å². The van der Waals surface area contributed by atoms with E-state index in [9.17, 15) is 0 Å². The first-order valence-corrected chi connectivity index (χ1v) is 6.16. The van der Waals surface area contributed by atoms with Crippen molar-refractivity contribution in [1.82, 2.24) is 10.2 Å². The van der Waals surface area contributed by atoms with Crippen LogP contribution in [0.2, 0.25) is 0 Å². The molecule has 0 bridgehead atoms. The van der Waals surface area contributed by atoms with Crippen molar-refractivity contribution in [2.45, 2.75) is 51.8 Å². The fraction of sp³-hybridized carbons (Fsp3) is 1.00. The van der Waals surface area contributed by atoms with Crippen molar-refractivity contribution in [2.24, 2.45) is 0 Å². The lowest BCUT2D eigenvalue weighted by Crippen LogP contribution is -2.41. The molecule has 1 saturated heterocycles. The quantitative estimate of drug-likeness (QED) is 0.725. The highest BCUT2D eigenvalue weighted by Crippen LogP contribution is 2.15. The van der Waals surface area contributed by atoms with E-state index in [-0.39, 0.29) is 0 Å². The molecule has 0 aliphatic carbocycles. The molecule has 1 aliphatic heterocycles. The summed E-state index contributed by atoms with van der Waals surface area (Å²) in [6.07, 6.45) is 2.88. The van der Waals surface area contributed by atoms with E-state index in [1.54, 1.807) is 0 Å². The van der Waals surface area contributed by atoms with Crippen molar-refractivity contribution >= 4 is 0 Å². The molecule has 0 aromatic carbocycles. The molecule has 1 rings (SSSR count). The van der Waals surface area contributed by atoms with Crippen LogP contribution >= 0.6 is 0 Å². The second kappa shape index (κ2) is 6.46. The zero-order valence-corrected chi connectivity index (χ0v) is 10.6. The van der Waals surface area contributed by atoms with Gasteiger partial charge in [-0.05, 0) is 40.7 Å². The van der Waals surface area contributed by atoms with Crippen LogP contribution in [0.25, 0.3) is 0 Å². The number of ether oxygens (including phenoxy) is 1. The molecule has 0 radical (unpaired) electrons. The van der Waals surface area contributed by atoms with Gasteiger partial charge in [0.05, 0.1) is 6.10 Å². The normalized spacial score (nSPS) is 24.0. The van der Waals surface area contributed by atoms with Gasteiger partial charge in [0, 0.05) is 31.8 Å². The summed E-state index contributed by atoms with van der Waals surface area (Å²) in [6, 6.07) is 1.12. The molecule has 3 nitrogen and oxygen atoms in total. The van der Waals surface area contributed by atoms with Crippen LogP contribution in [0, 0.1) is 0 Å². The Morgan fingerprint density at radius 2 is 2.13 bits per heavy atom. The Morgan fingerprint density at radius 1 is 1.40 bits per heavy atom. The summed E-state index contributed by atoms with van der Waals surface area (Å²) in [7, 11) is 2.17. The van der Waals surface area contributed by atoms with E-state index in [1.807, 2.05) is 0 Å². The maximum atomic E-state index is 5.64. The summed E-state index contributed by atoms with van der Waals surface area (Å²) in [5, 5.41) is 3.54. The van der Waals surface area contributed by atoms with Gasteiger partial charge in [-0.2, -0.15) is 0 Å². The molecule has 0 aromatic rings. The lowest BCUT2D eigenvalue weighted by Gasteiger charge is -2.24. The third-order valence-corrected chi connectivity index (χ3v) is 3.33. The fourth-order valence-electron chi connectivity index (χ4n) is 1.86. The Kier molecular flexibility index (Phi) is 5.58. The predicted molar refractivity (Wildman–Crippen MR) is 64.2 cm³/mol. The molecule has 0 aromatic heterocycles. The molecule has 15 heavy (non-hydrogen) atoms. The lowest BCUT2D eigenvalue weighted by molar-refractivity contribution is 0.0826. The van der Waals surface area contributed by atoms with Gasteiger partial charge in [0.1, 0.15) is 0 Å². The number of nitrogens with zero attached hydrogens (tertiary/aromatic N) is 1. The number of nitrogens with one attached hydrogen (secondary N) is 1. The average molecular weight is 214 g/mol. The molecule has 2 atom stereocenters. The minimum Gasteiger partial charge on any atom is -0.377 e. The molecule has 0 amide bonds.